The van der Waals surface area contributed by atoms with E-state index in [-0.39, 0.29) is 17.8 Å². The van der Waals surface area contributed by atoms with Crippen molar-refractivity contribution < 1.29 is 5.11 Å². The van der Waals surface area contributed by atoms with E-state index in [1.165, 1.54) is 16.3 Å². The third-order valence-electron chi connectivity index (χ3n) is 6.15. The van der Waals surface area contributed by atoms with Gasteiger partial charge in [-0.1, -0.05) is 96.5 Å². The zero-order valence-corrected chi connectivity index (χ0v) is 18.6. The van der Waals surface area contributed by atoms with Gasteiger partial charge in [0.25, 0.3) is 0 Å². The number of phenols is 1. The summed E-state index contributed by atoms with van der Waals surface area (Å²) in [6.07, 6.45) is 0. The fourth-order valence-corrected chi connectivity index (χ4v) is 4.68. The highest BCUT2D eigenvalue weighted by Crippen LogP contribution is 2.38. The van der Waals surface area contributed by atoms with Crippen LogP contribution in [0.5, 0.6) is 5.75 Å². The Morgan fingerprint density at radius 3 is 2.06 bits per heavy atom. The van der Waals surface area contributed by atoms with Gasteiger partial charge in [0.2, 0.25) is 0 Å². The zero-order chi connectivity index (χ0) is 22.1. The van der Waals surface area contributed by atoms with Gasteiger partial charge in [-0.15, -0.1) is 0 Å². The molecule has 0 saturated carbocycles. The van der Waals surface area contributed by atoms with Gasteiger partial charge in [-0.05, 0) is 57.8 Å². The monoisotopic (exact) mass is 437 g/mol. The molecule has 0 radical (unpaired) electrons. The molecule has 5 aromatic carbocycles. The van der Waals surface area contributed by atoms with Crippen LogP contribution in [0.2, 0.25) is 5.02 Å². The van der Waals surface area contributed by atoms with Crippen LogP contribution in [-0.4, -0.2) is 5.11 Å². The first-order chi connectivity index (χ1) is 15.6. The zero-order valence-electron chi connectivity index (χ0n) is 17.8. The molecule has 0 unspecified atom stereocenters. The van der Waals surface area contributed by atoms with Gasteiger partial charge in [-0.25, -0.2) is 0 Å². The largest absolute Gasteiger partial charge is 0.508 e. The van der Waals surface area contributed by atoms with E-state index < -0.39 is 0 Å². The first-order valence-corrected chi connectivity index (χ1v) is 11.2. The summed E-state index contributed by atoms with van der Waals surface area (Å²) in [4.78, 5) is 0. The third kappa shape index (κ3) is 3.84. The van der Waals surface area contributed by atoms with Gasteiger partial charge in [-0.3, -0.25) is 5.32 Å². The lowest BCUT2D eigenvalue weighted by atomic mass is 9.91. The van der Waals surface area contributed by atoms with E-state index in [9.17, 15) is 5.11 Å². The molecule has 0 aliphatic carbocycles. The van der Waals surface area contributed by atoms with Gasteiger partial charge >= 0.3 is 0 Å². The topological polar surface area (TPSA) is 32.3 Å². The smallest absolute Gasteiger partial charge is 0.121 e. The van der Waals surface area contributed by atoms with Crippen molar-refractivity contribution in [1.82, 2.24) is 5.32 Å². The van der Waals surface area contributed by atoms with Gasteiger partial charge in [0.15, 0.2) is 0 Å². The van der Waals surface area contributed by atoms with Crippen molar-refractivity contribution in [2.75, 3.05) is 0 Å². The SMILES string of the molecule is C[C@H](N[C@@H](c1ccc(Cl)cc1)c1c(O)ccc2ccccc12)c1cccc2ccccc12. The molecule has 0 aliphatic rings. The molecule has 0 bridgehead atoms. The standard InChI is InChI=1S/C29H24ClNO/c1-19(24-12-6-9-20-7-2-4-10-25(20)24)31-29(22-13-16-23(30)17-14-22)28-26-11-5-3-8-21(26)15-18-27(28)32/h2-19,29,31-32H,1H3/t19-,29-/m0/s1. The van der Waals surface area contributed by atoms with Crippen molar-refractivity contribution in [3.63, 3.8) is 0 Å². The van der Waals surface area contributed by atoms with Crippen LogP contribution in [0.3, 0.4) is 0 Å². The van der Waals surface area contributed by atoms with Gasteiger partial charge in [0.1, 0.15) is 5.75 Å². The molecular formula is C29H24ClNO. The quantitative estimate of drug-likeness (QED) is 0.294. The second kappa shape index (κ2) is 8.66. The number of hydrogen-bond acceptors (Lipinski definition) is 2. The summed E-state index contributed by atoms with van der Waals surface area (Å²) in [7, 11) is 0. The summed E-state index contributed by atoms with van der Waals surface area (Å²) in [5, 5.41) is 20.1. The van der Waals surface area contributed by atoms with Crippen LogP contribution < -0.4 is 5.32 Å². The van der Waals surface area contributed by atoms with E-state index >= 15 is 0 Å². The number of fused-ring (bicyclic) bond motifs is 2. The highest BCUT2D eigenvalue weighted by molar-refractivity contribution is 6.30. The first-order valence-electron chi connectivity index (χ1n) is 10.8. The molecule has 2 nitrogen and oxygen atoms in total. The summed E-state index contributed by atoms with van der Waals surface area (Å²) in [6.45, 7) is 2.17. The maximum Gasteiger partial charge on any atom is 0.121 e. The van der Waals surface area contributed by atoms with Crippen LogP contribution in [0.15, 0.2) is 103 Å². The molecule has 0 aliphatic heterocycles. The Labute approximate surface area is 193 Å². The van der Waals surface area contributed by atoms with Crippen molar-refractivity contribution >= 4 is 33.1 Å². The number of halogens is 1. The molecule has 0 spiro atoms. The van der Waals surface area contributed by atoms with E-state index in [1.807, 2.05) is 42.5 Å². The van der Waals surface area contributed by atoms with E-state index in [0.717, 1.165) is 21.9 Å². The summed E-state index contributed by atoms with van der Waals surface area (Å²) in [5.41, 5.74) is 3.15. The molecule has 3 heteroatoms. The van der Waals surface area contributed by atoms with Crippen molar-refractivity contribution in [2.24, 2.45) is 0 Å². The molecule has 0 aromatic heterocycles. The van der Waals surface area contributed by atoms with Crippen LogP contribution >= 0.6 is 11.6 Å². The number of hydrogen-bond donors (Lipinski definition) is 2. The molecule has 0 fully saturated rings. The van der Waals surface area contributed by atoms with Gasteiger partial charge < -0.3 is 5.11 Å². The molecule has 5 rings (SSSR count). The van der Waals surface area contributed by atoms with Crippen LogP contribution in [0.1, 0.15) is 35.7 Å². The van der Waals surface area contributed by atoms with Gasteiger partial charge in [0, 0.05) is 16.6 Å². The summed E-state index contributed by atoms with van der Waals surface area (Å²) >= 11 is 6.19. The Morgan fingerprint density at radius 2 is 1.31 bits per heavy atom. The summed E-state index contributed by atoms with van der Waals surface area (Å²) < 4.78 is 0. The molecule has 32 heavy (non-hydrogen) atoms. The van der Waals surface area contributed by atoms with Gasteiger partial charge in [-0.2, -0.15) is 0 Å². The second-order valence-electron chi connectivity index (χ2n) is 8.16. The average molecular weight is 438 g/mol. The minimum Gasteiger partial charge on any atom is -0.508 e. The highest BCUT2D eigenvalue weighted by Gasteiger charge is 2.23. The van der Waals surface area contributed by atoms with E-state index in [4.69, 9.17) is 11.6 Å². The van der Waals surface area contributed by atoms with Crippen molar-refractivity contribution in [3.8, 4) is 5.75 Å². The minimum atomic E-state index is -0.215. The summed E-state index contributed by atoms with van der Waals surface area (Å²) in [5.74, 6) is 0.279. The third-order valence-corrected chi connectivity index (χ3v) is 6.40. The lowest BCUT2D eigenvalue weighted by molar-refractivity contribution is 0.449. The van der Waals surface area contributed by atoms with E-state index in [0.29, 0.717) is 5.02 Å². The molecule has 158 valence electrons. The van der Waals surface area contributed by atoms with Gasteiger partial charge in [0.05, 0.1) is 6.04 Å². The molecule has 0 amide bonds. The second-order valence-corrected chi connectivity index (χ2v) is 8.60. The van der Waals surface area contributed by atoms with E-state index in [1.54, 1.807) is 6.07 Å². The van der Waals surface area contributed by atoms with Crippen molar-refractivity contribution in [2.45, 2.75) is 19.0 Å². The predicted octanol–water partition coefficient (Wildman–Crippen LogP) is 7.79. The number of rotatable bonds is 5. The first kappa shape index (κ1) is 20.6. The number of aromatic hydroxyl groups is 1. The van der Waals surface area contributed by atoms with E-state index in [2.05, 4.69) is 66.8 Å². The Morgan fingerprint density at radius 1 is 0.688 bits per heavy atom. The number of nitrogens with one attached hydrogen (secondary N) is 1. The van der Waals surface area contributed by atoms with Crippen LogP contribution in [0.25, 0.3) is 21.5 Å². The van der Waals surface area contributed by atoms with Crippen LogP contribution in [0, 0.1) is 0 Å². The molecular weight excluding hydrogens is 414 g/mol. The maximum absolute atomic E-state index is 11.0. The van der Waals surface area contributed by atoms with Crippen molar-refractivity contribution in [1.29, 1.82) is 0 Å². The highest BCUT2D eigenvalue weighted by atomic mass is 35.5. The van der Waals surface area contributed by atoms with Crippen molar-refractivity contribution in [3.05, 3.63) is 125 Å². The molecule has 0 heterocycles. The Bertz CT molecular complexity index is 1390. The Hall–Kier alpha value is -3.33. The maximum atomic E-state index is 11.0. The molecule has 2 atom stereocenters. The molecule has 5 aromatic rings. The fourth-order valence-electron chi connectivity index (χ4n) is 4.56. The molecule has 2 N–H and O–H groups in total. The minimum absolute atomic E-state index is 0.0418. The average Bonchev–Trinajstić information content (AvgIpc) is 2.83. The Balaban J connectivity index is 1.65. The van der Waals surface area contributed by atoms with Crippen LogP contribution in [-0.2, 0) is 0 Å². The lowest BCUT2D eigenvalue weighted by Gasteiger charge is -2.27. The number of benzene rings is 5. The number of phenolic OH excluding ortho intramolecular Hbond substituents is 1. The Kier molecular flexibility index (Phi) is 5.57. The molecule has 0 saturated heterocycles. The fraction of sp³-hybridized carbons (Fsp3) is 0.103. The predicted molar refractivity (Wildman–Crippen MR) is 134 cm³/mol. The summed E-state index contributed by atoms with van der Waals surface area (Å²) in [6, 6.07) is 34.4. The van der Waals surface area contributed by atoms with Crippen LogP contribution in [0.4, 0.5) is 0 Å². The normalized spacial score (nSPS) is 13.3. The lowest BCUT2D eigenvalue weighted by Crippen LogP contribution is -2.26.